The van der Waals surface area contributed by atoms with Crippen LogP contribution in [0.15, 0.2) is 18.2 Å². The lowest BCUT2D eigenvalue weighted by atomic mass is 10.1. The minimum Gasteiger partial charge on any atom is -0.495 e. The van der Waals surface area contributed by atoms with Gasteiger partial charge >= 0.3 is 0 Å². The molecule has 1 saturated heterocycles. The maximum atomic E-state index is 11.4. The predicted octanol–water partition coefficient (Wildman–Crippen LogP) is 1.73. The Kier molecular flexibility index (Phi) is 3.64. The topological polar surface area (TPSA) is 38.8 Å². The fourth-order valence-electron chi connectivity index (χ4n) is 1.96. The van der Waals surface area contributed by atoms with Gasteiger partial charge in [-0.05, 0) is 25.1 Å². The highest BCUT2D eigenvalue weighted by Crippen LogP contribution is 2.30. The van der Waals surface area contributed by atoms with Crippen molar-refractivity contribution in [1.29, 1.82) is 0 Å². The summed E-state index contributed by atoms with van der Waals surface area (Å²) in [5.74, 6) is 0.874. The Morgan fingerprint density at radius 1 is 1.35 bits per heavy atom. The third kappa shape index (κ3) is 2.58. The summed E-state index contributed by atoms with van der Waals surface area (Å²) in [7, 11) is 1.65. The number of Topliss-reactive ketones (excluding diaryl/α,β-unsaturated/α-hetero) is 1. The van der Waals surface area contributed by atoms with Gasteiger partial charge < -0.3 is 14.4 Å². The van der Waals surface area contributed by atoms with Crippen molar-refractivity contribution < 1.29 is 14.3 Å². The van der Waals surface area contributed by atoms with E-state index in [1.165, 1.54) is 0 Å². The van der Waals surface area contributed by atoms with Crippen molar-refractivity contribution in [2.24, 2.45) is 0 Å². The zero-order chi connectivity index (χ0) is 12.3. The van der Waals surface area contributed by atoms with Gasteiger partial charge in [-0.1, -0.05) is 0 Å². The van der Waals surface area contributed by atoms with E-state index in [2.05, 4.69) is 4.90 Å². The van der Waals surface area contributed by atoms with Crippen LogP contribution in [0.5, 0.6) is 5.75 Å². The molecule has 0 N–H and O–H groups in total. The van der Waals surface area contributed by atoms with Gasteiger partial charge in [-0.15, -0.1) is 0 Å². The van der Waals surface area contributed by atoms with Gasteiger partial charge in [0.25, 0.3) is 0 Å². The van der Waals surface area contributed by atoms with Crippen LogP contribution in [-0.2, 0) is 4.74 Å². The van der Waals surface area contributed by atoms with Gasteiger partial charge in [-0.2, -0.15) is 0 Å². The highest BCUT2D eigenvalue weighted by Gasteiger charge is 2.16. The number of morpholine rings is 1. The Balaban J connectivity index is 2.34. The van der Waals surface area contributed by atoms with Crippen LogP contribution in [0.4, 0.5) is 5.69 Å². The van der Waals surface area contributed by atoms with E-state index in [0.717, 1.165) is 24.5 Å². The smallest absolute Gasteiger partial charge is 0.159 e. The van der Waals surface area contributed by atoms with Crippen LogP contribution in [0.3, 0.4) is 0 Å². The molecular weight excluding hydrogens is 218 g/mol. The normalized spacial score (nSPS) is 15.8. The highest BCUT2D eigenvalue weighted by atomic mass is 16.5. The maximum absolute atomic E-state index is 11.4. The minimum atomic E-state index is 0.0714. The molecule has 1 aliphatic heterocycles. The van der Waals surface area contributed by atoms with Gasteiger partial charge in [-0.3, -0.25) is 4.79 Å². The molecule has 0 aliphatic carbocycles. The number of rotatable bonds is 3. The van der Waals surface area contributed by atoms with E-state index in [-0.39, 0.29) is 5.78 Å². The summed E-state index contributed by atoms with van der Waals surface area (Å²) < 4.78 is 10.7. The quantitative estimate of drug-likeness (QED) is 0.748. The fourth-order valence-corrected chi connectivity index (χ4v) is 1.96. The molecule has 4 nitrogen and oxygen atoms in total. The SMILES string of the molecule is COc1ccc(C(C)=O)cc1N1CCOCC1. The van der Waals surface area contributed by atoms with Crippen molar-refractivity contribution in [3.63, 3.8) is 0 Å². The summed E-state index contributed by atoms with van der Waals surface area (Å²) >= 11 is 0. The number of benzene rings is 1. The molecule has 1 aromatic rings. The van der Waals surface area contributed by atoms with Crippen LogP contribution in [0.25, 0.3) is 0 Å². The Bertz CT molecular complexity index is 411. The van der Waals surface area contributed by atoms with Crippen LogP contribution in [-0.4, -0.2) is 39.2 Å². The summed E-state index contributed by atoms with van der Waals surface area (Å²) in [5.41, 5.74) is 1.69. The molecule has 0 spiro atoms. The van der Waals surface area contributed by atoms with E-state index in [1.807, 2.05) is 12.1 Å². The molecular formula is C13H17NO3. The third-order valence-corrected chi connectivity index (χ3v) is 2.94. The zero-order valence-corrected chi connectivity index (χ0v) is 10.2. The average Bonchev–Trinajstić information content (AvgIpc) is 2.39. The molecule has 0 atom stereocenters. The Morgan fingerprint density at radius 2 is 2.06 bits per heavy atom. The van der Waals surface area contributed by atoms with E-state index >= 15 is 0 Å². The van der Waals surface area contributed by atoms with Crippen molar-refractivity contribution in [3.8, 4) is 5.75 Å². The Morgan fingerprint density at radius 3 is 2.65 bits per heavy atom. The van der Waals surface area contributed by atoms with E-state index in [0.29, 0.717) is 18.8 Å². The lowest BCUT2D eigenvalue weighted by Gasteiger charge is -2.30. The molecule has 0 unspecified atom stereocenters. The first-order valence-electron chi connectivity index (χ1n) is 5.74. The van der Waals surface area contributed by atoms with Gasteiger partial charge in [0.05, 0.1) is 26.0 Å². The van der Waals surface area contributed by atoms with Crippen molar-refractivity contribution in [2.45, 2.75) is 6.92 Å². The largest absolute Gasteiger partial charge is 0.495 e. The van der Waals surface area contributed by atoms with Crippen LogP contribution < -0.4 is 9.64 Å². The summed E-state index contributed by atoms with van der Waals surface area (Å²) in [6, 6.07) is 5.54. The van der Waals surface area contributed by atoms with E-state index in [1.54, 1.807) is 20.1 Å². The maximum Gasteiger partial charge on any atom is 0.159 e. The summed E-state index contributed by atoms with van der Waals surface area (Å²) in [6.07, 6.45) is 0. The van der Waals surface area contributed by atoms with E-state index in [4.69, 9.17) is 9.47 Å². The number of ketones is 1. The average molecular weight is 235 g/mol. The van der Waals surface area contributed by atoms with Crippen molar-refractivity contribution in [1.82, 2.24) is 0 Å². The van der Waals surface area contributed by atoms with Gasteiger partial charge in [0.1, 0.15) is 5.75 Å². The van der Waals surface area contributed by atoms with Gasteiger partial charge in [0.2, 0.25) is 0 Å². The van der Waals surface area contributed by atoms with E-state index < -0.39 is 0 Å². The first kappa shape index (κ1) is 11.9. The second kappa shape index (κ2) is 5.19. The van der Waals surface area contributed by atoms with Gasteiger partial charge in [-0.25, -0.2) is 0 Å². The van der Waals surface area contributed by atoms with E-state index in [9.17, 15) is 4.79 Å². The molecule has 1 aliphatic rings. The first-order chi connectivity index (χ1) is 8.22. The second-order valence-corrected chi connectivity index (χ2v) is 4.04. The van der Waals surface area contributed by atoms with Crippen molar-refractivity contribution >= 4 is 11.5 Å². The second-order valence-electron chi connectivity index (χ2n) is 4.04. The molecule has 4 heteroatoms. The van der Waals surface area contributed by atoms with Crippen LogP contribution >= 0.6 is 0 Å². The first-order valence-corrected chi connectivity index (χ1v) is 5.74. The zero-order valence-electron chi connectivity index (χ0n) is 10.2. The van der Waals surface area contributed by atoms with Gasteiger partial charge in [0, 0.05) is 18.7 Å². The lowest BCUT2D eigenvalue weighted by Crippen LogP contribution is -2.36. The number of carbonyl (C=O) groups is 1. The summed E-state index contributed by atoms with van der Waals surface area (Å²) in [4.78, 5) is 13.6. The third-order valence-electron chi connectivity index (χ3n) is 2.94. The number of methoxy groups -OCH3 is 1. The molecule has 0 saturated carbocycles. The predicted molar refractivity (Wildman–Crippen MR) is 66.0 cm³/mol. The molecule has 0 aromatic heterocycles. The fraction of sp³-hybridized carbons (Fsp3) is 0.462. The standard InChI is InChI=1S/C13H17NO3/c1-10(15)11-3-4-13(16-2)12(9-11)14-5-7-17-8-6-14/h3-4,9H,5-8H2,1-2H3. The molecule has 92 valence electrons. The van der Waals surface area contributed by atoms with Crippen LogP contribution in [0.2, 0.25) is 0 Å². The van der Waals surface area contributed by atoms with Crippen LogP contribution in [0, 0.1) is 0 Å². The molecule has 2 rings (SSSR count). The monoisotopic (exact) mass is 235 g/mol. The van der Waals surface area contributed by atoms with Crippen molar-refractivity contribution in [3.05, 3.63) is 23.8 Å². The van der Waals surface area contributed by atoms with Gasteiger partial charge in [0.15, 0.2) is 5.78 Å². The number of hydrogen-bond acceptors (Lipinski definition) is 4. The minimum absolute atomic E-state index is 0.0714. The molecule has 17 heavy (non-hydrogen) atoms. The van der Waals surface area contributed by atoms with Crippen molar-refractivity contribution in [2.75, 3.05) is 38.3 Å². The summed E-state index contributed by atoms with van der Waals surface area (Å²) in [6.45, 7) is 4.67. The Labute approximate surface area is 101 Å². The molecule has 1 aromatic carbocycles. The lowest BCUT2D eigenvalue weighted by molar-refractivity contribution is 0.101. The number of anilines is 1. The number of nitrogens with zero attached hydrogens (tertiary/aromatic N) is 1. The number of ether oxygens (including phenoxy) is 2. The highest BCUT2D eigenvalue weighted by molar-refractivity contribution is 5.95. The molecule has 1 heterocycles. The molecule has 0 bridgehead atoms. The van der Waals surface area contributed by atoms with Crippen LogP contribution in [0.1, 0.15) is 17.3 Å². The number of carbonyl (C=O) groups excluding carboxylic acids is 1. The molecule has 1 fully saturated rings. The molecule has 0 radical (unpaired) electrons. The Hall–Kier alpha value is -1.55. The molecule has 0 amide bonds. The number of hydrogen-bond donors (Lipinski definition) is 0. The summed E-state index contributed by atoms with van der Waals surface area (Å²) in [5, 5.41) is 0.